The van der Waals surface area contributed by atoms with Gasteiger partial charge in [0.1, 0.15) is 17.7 Å². The number of hydrogen-bond acceptors (Lipinski definition) is 5. The van der Waals surface area contributed by atoms with Crippen molar-refractivity contribution in [2.75, 3.05) is 19.6 Å². The summed E-state index contributed by atoms with van der Waals surface area (Å²) >= 11 is 0. The number of fused-ring (bicyclic) bond motifs is 2. The van der Waals surface area contributed by atoms with E-state index in [4.69, 9.17) is 5.73 Å². The van der Waals surface area contributed by atoms with Gasteiger partial charge in [-0.15, -0.1) is 0 Å². The van der Waals surface area contributed by atoms with Crippen LogP contribution in [-0.2, 0) is 9.59 Å². The first-order chi connectivity index (χ1) is 16.9. The van der Waals surface area contributed by atoms with Gasteiger partial charge in [0.2, 0.25) is 11.8 Å². The van der Waals surface area contributed by atoms with Crippen LogP contribution >= 0.6 is 0 Å². The van der Waals surface area contributed by atoms with Crippen molar-refractivity contribution in [1.82, 2.24) is 14.7 Å². The second kappa shape index (κ2) is 9.36. The quantitative estimate of drug-likeness (QED) is 0.686. The Kier molecular flexibility index (Phi) is 6.26. The number of hydrogen-bond donors (Lipinski definition) is 1. The molecule has 3 unspecified atom stereocenters. The molecule has 2 aromatic carbocycles. The molecular formula is C26H27F2N5O2. The van der Waals surface area contributed by atoms with E-state index in [9.17, 15) is 23.6 Å². The lowest BCUT2D eigenvalue weighted by molar-refractivity contribution is -0.140. The van der Waals surface area contributed by atoms with Gasteiger partial charge in [-0.1, -0.05) is 24.3 Å². The van der Waals surface area contributed by atoms with Crippen molar-refractivity contribution in [3.05, 3.63) is 71.3 Å². The smallest absolute Gasteiger partial charge is 0.241 e. The number of benzene rings is 2. The molecule has 182 valence electrons. The fourth-order valence-corrected chi connectivity index (χ4v) is 5.74. The predicted molar refractivity (Wildman–Crippen MR) is 124 cm³/mol. The molecule has 3 saturated heterocycles. The van der Waals surface area contributed by atoms with E-state index < -0.39 is 24.2 Å². The van der Waals surface area contributed by atoms with Crippen molar-refractivity contribution >= 4 is 11.8 Å². The number of carbonyl (C=O) groups excluding carboxylic acids is 2. The first kappa shape index (κ1) is 23.4. The lowest BCUT2D eigenvalue weighted by Crippen LogP contribution is -2.57. The van der Waals surface area contributed by atoms with Crippen molar-refractivity contribution in [3.8, 4) is 6.07 Å². The summed E-state index contributed by atoms with van der Waals surface area (Å²) in [6, 6.07) is 11.9. The zero-order valence-electron chi connectivity index (χ0n) is 19.2. The van der Waals surface area contributed by atoms with Crippen LogP contribution in [-0.4, -0.2) is 70.3 Å². The Labute approximate surface area is 202 Å². The van der Waals surface area contributed by atoms with E-state index in [1.165, 1.54) is 24.3 Å². The Morgan fingerprint density at radius 3 is 2.23 bits per heavy atom. The maximum absolute atomic E-state index is 13.6. The summed E-state index contributed by atoms with van der Waals surface area (Å²) in [4.78, 5) is 31.7. The van der Waals surface area contributed by atoms with Gasteiger partial charge < -0.3 is 15.5 Å². The number of piperazine rings is 1. The van der Waals surface area contributed by atoms with Crippen molar-refractivity contribution in [2.45, 2.75) is 49.5 Å². The number of nitrogens with two attached hydrogens (primary N) is 1. The van der Waals surface area contributed by atoms with Crippen LogP contribution in [0.2, 0.25) is 0 Å². The van der Waals surface area contributed by atoms with Crippen molar-refractivity contribution in [1.29, 1.82) is 5.26 Å². The minimum absolute atomic E-state index is 0.0874. The average molecular weight is 480 g/mol. The Balaban J connectivity index is 1.34. The summed E-state index contributed by atoms with van der Waals surface area (Å²) in [6.45, 7) is 1.32. The maximum Gasteiger partial charge on any atom is 0.241 e. The lowest BCUT2D eigenvalue weighted by Gasteiger charge is -2.40. The third-order valence-corrected chi connectivity index (χ3v) is 7.40. The van der Waals surface area contributed by atoms with E-state index in [-0.39, 0.29) is 36.0 Å². The van der Waals surface area contributed by atoms with Crippen LogP contribution in [0.25, 0.3) is 0 Å². The topological polar surface area (TPSA) is 93.7 Å². The minimum Gasteiger partial charge on any atom is -0.326 e. The summed E-state index contributed by atoms with van der Waals surface area (Å²) < 4.78 is 27.2. The molecule has 2 amide bonds. The lowest BCUT2D eigenvalue weighted by atomic mass is 9.96. The van der Waals surface area contributed by atoms with E-state index in [0.29, 0.717) is 25.9 Å². The number of nitrogens with zero attached hydrogens (tertiary/aromatic N) is 4. The van der Waals surface area contributed by atoms with Crippen LogP contribution in [0.1, 0.15) is 36.4 Å². The summed E-state index contributed by atoms with van der Waals surface area (Å²) in [7, 11) is 0. The van der Waals surface area contributed by atoms with Gasteiger partial charge in [-0.2, -0.15) is 5.26 Å². The largest absolute Gasteiger partial charge is 0.326 e. The van der Waals surface area contributed by atoms with Crippen LogP contribution in [0.15, 0.2) is 48.5 Å². The van der Waals surface area contributed by atoms with Gasteiger partial charge in [-0.05, 0) is 54.7 Å². The molecule has 0 spiro atoms. The molecule has 3 aliphatic rings. The SMILES string of the molecule is N#CC1CCCN1C(=O)C(N)CN1C[C@@H]2CC1C(=O)N2C(c1ccc(F)cc1)c1ccc(F)cc1. The van der Waals surface area contributed by atoms with Gasteiger partial charge in [0.05, 0.1) is 24.2 Å². The molecule has 0 radical (unpaired) electrons. The van der Waals surface area contributed by atoms with Crippen LogP contribution in [0.3, 0.4) is 0 Å². The molecular weight excluding hydrogens is 452 g/mol. The summed E-state index contributed by atoms with van der Waals surface area (Å²) in [5, 5.41) is 9.28. The molecule has 0 saturated carbocycles. The summed E-state index contributed by atoms with van der Waals surface area (Å²) in [5.41, 5.74) is 7.73. The van der Waals surface area contributed by atoms with Gasteiger partial charge >= 0.3 is 0 Å². The number of rotatable bonds is 6. The molecule has 5 rings (SSSR count). The van der Waals surface area contributed by atoms with Crippen molar-refractivity contribution in [3.63, 3.8) is 0 Å². The fourth-order valence-electron chi connectivity index (χ4n) is 5.74. The highest BCUT2D eigenvalue weighted by atomic mass is 19.1. The molecule has 0 aromatic heterocycles. The van der Waals surface area contributed by atoms with E-state index in [2.05, 4.69) is 6.07 Å². The van der Waals surface area contributed by atoms with Crippen LogP contribution in [0.4, 0.5) is 8.78 Å². The Morgan fingerprint density at radius 2 is 1.69 bits per heavy atom. The predicted octanol–water partition coefficient (Wildman–Crippen LogP) is 2.18. The molecule has 4 atom stereocenters. The second-order valence-electron chi connectivity index (χ2n) is 9.54. The summed E-state index contributed by atoms with van der Waals surface area (Å²) in [6.07, 6.45) is 2.04. The average Bonchev–Trinajstić information content (AvgIpc) is 3.57. The van der Waals surface area contributed by atoms with Crippen molar-refractivity contribution in [2.24, 2.45) is 5.73 Å². The molecule has 7 nitrogen and oxygen atoms in total. The highest BCUT2D eigenvalue weighted by Gasteiger charge is 2.52. The first-order valence-corrected chi connectivity index (χ1v) is 11.9. The third kappa shape index (κ3) is 4.28. The molecule has 9 heteroatoms. The maximum atomic E-state index is 13.6. The third-order valence-electron chi connectivity index (χ3n) is 7.40. The Morgan fingerprint density at radius 1 is 1.09 bits per heavy atom. The normalized spacial score (nSPS) is 24.9. The number of amides is 2. The van der Waals surface area contributed by atoms with Crippen LogP contribution in [0.5, 0.6) is 0 Å². The van der Waals surface area contributed by atoms with Gasteiger partial charge in [-0.3, -0.25) is 14.5 Å². The van der Waals surface area contributed by atoms with Gasteiger partial charge in [0.15, 0.2) is 0 Å². The van der Waals surface area contributed by atoms with Crippen molar-refractivity contribution < 1.29 is 18.4 Å². The molecule has 0 aliphatic carbocycles. The Hall–Kier alpha value is -3.35. The monoisotopic (exact) mass is 479 g/mol. The molecule has 35 heavy (non-hydrogen) atoms. The van der Waals surface area contributed by atoms with E-state index >= 15 is 0 Å². The Bertz CT molecular complexity index is 1100. The number of halogens is 2. The number of nitriles is 1. The molecule has 3 heterocycles. The second-order valence-corrected chi connectivity index (χ2v) is 9.54. The molecule has 3 aliphatic heterocycles. The highest BCUT2D eigenvalue weighted by molar-refractivity contribution is 5.87. The van der Waals surface area contributed by atoms with E-state index in [1.807, 2.05) is 4.90 Å². The zero-order valence-corrected chi connectivity index (χ0v) is 19.2. The number of carbonyl (C=O) groups is 2. The molecule has 2 N–H and O–H groups in total. The van der Waals surface area contributed by atoms with Gasteiger partial charge in [-0.25, -0.2) is 8.78 Å². The van der Waals surface area contributed by atoms with Crippen LogP contribution < -0.4 is 5.73 Å². The highest BCUT2D eigenvalue weighted by Crippen LogP contribution is 2.41. The molecule has 2 aromatic rings. The molecule has 2 bridgehead atoms. The standard InChI is InChI=1S/C26H27F2N5O2/c27-18-7-3-16(4-8-18)24(17-5-9-19(28)10-6-17)33-21-12-23(26(33)35)31(14-21)15-22(30)25(34)32-11-1-2-20(32)13-29/h3-10,20-24H,1-2,11-12,14-15,30H2/t20?,21-,22?,23?/m0/s1. The van der Waals surface area contributed by atoms with Gasteiger partial charge in [0.25, 0.3) is 0 Å². The molecule has 3 fully saturated rings. The fraction of sp³-hybridized carbons (Fsp3) is 0.423. The van der Waals surface area contributed by atoms with E-state index in [1.54, 1.807) is 34.1 Å². The van der Waals surface area contributed by atoms with Crippen LogP contribution in [0, 0.1) is 23.0 Å². The first-order valence-electron chi connectivity index (χ1n) is 11.9. The van der Waals surface area contributed by atoms with E-state index in [0.717, 1.165) is 17.5 Å². The summed E-state index contributed by atoms with van der Waals surface area (Å²) in [5.74, 6) is -1.09. The number of likely N-dealkylation sites (tertiary alicyclic amines) is 3. The van der Waals surface area contributed by atoms with Gasteiger partial charge in [0, 0.05) is 25.7 Å². The minimum atomic E-state index is -0.811. The zero-order chi connectivity index (χ0) is 24.7.